The molecule has 0 amide bonds. The Morgan fingerprint density at radius 3 is 2.16 bits per heavy atom. The molecule has 0 aliphatic heterocycles. The summed E-state index contributed by atoms with van der Waals surface area (Å²) in [5.41, 5.74) is 3.20. The Morgan fingerprint density at radius 2 is 1.58 bits per heavy atom. The van der Waals surface area contributed by atoms with Crippen molar-refractivity contribution < 1.29 is 4.39 Å². The zero-order chi connectivity index (χ0) is 14.2. The molecule has 19 heavy (non-hydrogen) atoms. The van der Waals surface area contributed by atoms with Crippen molar-refractivity contribution in [2.75, 3.05) is 0 Å². The molecule has 0 saturated carbocycles. The van der Waals surface area contributed by atoms with E-state index in [2.05, 4.69) is 0 Å². The first-order valence-corrected chi connectivity index (χ1v) is 6.95. The van der Waals surface area contributed by atoms with E-state index in [1.807, 2.05) is 13.8 Å². The topological polar surface area (TPSA) is 0 Å². The molecule has 0 radical (unpaired) electrons. The Bertz CT molecular complexity index is 600. The summed E-state index contributed by atoms with van der Waals surface area (Å²) >= 11 is 18.6. The van der Waals surface area contributed by atoms with Gasteiger partial charge in [0, 0.05) is 10.0 Å². The van der Waals surface area contributed by atoms with Crippen molar-refractivity contribution in [1.82, 2.24) is 0 Å². The number of halogens is 4. The molecule has 1 atom stereocenters. The predicted molar refractivity (Wildman–Crippen MR) is 80.0 cm³/mol. The first-order chi connectivity index (χ1) is 8.90. The summed E-state index contributed by atoms with van der Waals surface area (Å²) in [5.74, 6) is -0.264. The van der Waals surface area contributed by atoms with Crippen molar-refractivity contribution >= 4 is 34.8 Å². The van der Waals surface area contributed by atoms with E-state index in [-0.39, 0.29) is 5.82 Å². The van der Waals surface area contributed by atoms with E-state index in [0.717, 1.165) is 22.3 Å². The Labute approximate surface area is 127 Å². The number of rotatable bonds is 2. The monoisotopic (exact) mass is 316 g/mol. The number of hydrogen-bond acceptors (Lipinski definition) is 0. The molecule has 2 rings (SSSR count). The summed E-state index contributed by atoms with van der Waals surface area (Å²) in [7, 11) is 0. The fourth-order valence-electron chi connectivity index (χ4n) is 2.19. The lowest BCUT2D eigenvalue weighted by Gasteiger charge is -2.17. The summed E-state index contributed by atoms with van der Waals surface area (Å²) in [6, 6.07) is 8.10. The van der Waals surface area contributed by atoms with Crippen LogP contribution in [0.4, 0.5) is 4.39 Å². The van der Waals surface area contributed by atoms with Gasteiger partial charge in [0.15, 0.2) is 0 Å². The van der Waals surface area contributed by atoms with Crippen molar-refractivity contribution in [2.24, 2.45) is 0 Å². The second-order valence-corrected chi connectivity index (χ2v) is 5.76. The number of aryl methyl sites for hydroxylation is 2. The van der Waals surface area contributed by atoms with Crippen LogP contribution in [0.15, 0.2) is 30.3 Å². The molecular weight excluding hydrogens is 306 g/mol. The highest BCUT2D eigenvalue weighted by atomic mass is 35.5. The zero-order valence-electron chi connectivity index (χ0n) is 10.5. The standard InChI is InChI=1S/C15H12Cl3F/c1-8-5-11(19)6-9(2)14(8)15(18)12-7-10(16)3-4-13(12)17/h3-7,15H,1-2H3. The summed E-state index contributed by atoms with van der Waals surface area (Å²) in [6.45, 7) is 3.67. The average Bonchev–Trinajstić information content (AvgIpc) is 2.30. The normalized spacial score (nSPS) is 12.5. The van der Waals surface area contributed by atoms with Crippen molar-refractivity contribution in [2.45, 2.75) is 19.2 Å². The van der Waals surface area contributed by atoms with Gasteiger partial charge in [-0.1, -0.05) is 23.2 Å². The van der Waals surface area contributed by atoms with Crippen LogP contribution in [0.1, 0.15) is 27.6 Å². The average molecular weight is 318 g/mol. The van der Waals surface area contributed by atoms with Crippen LogP contribution in [0.3, 0.4) is 0 Å². The highest BCUT2D eigenvalue weighted by Crippen LogP contribution is 2.38. The molecule has 2 aromatic carbocycles. The van der Waals surface area contributed by atoms with E-state index < -0.39 is 5.38 Å². The minimum atomic E-state index is -0.452. The minimum Gasteiger partial charge on any atom is -0.207 e. The van der Waals surface area contributed by atoms with Gasteiger partial charge in [-0.3, -0.25) is 0 Å². The van der Waals surface area contributed by atoms with E-state index in [1.54, 1.807) is 18.2 Å². The second kappa shape index (κ2) is 5.70. The van der Waals surface area contributed by atoms with Gasteiger partial charge in [0.1, 0.15) is 5.82 Å². The maximum atomic E-state index is 13.3. The lowest BCUT2D eigenvalue weighted by atomic mass is 9.95. The summed E-state index contributed by atoms with van der Waals surface area (Å²) in [5, 5.41) is 0.668. The summed E-state index contributed by atoms with van der Waals surface area (Å²) in [6.07, 6.45) is 0. The molecule has 4 heteroatoms. The van der Waals surface area contributed by atoms with Gasteiger partial charge in [0.05, 0.1) is 5.38 Å². The zero-order valence-corrected chi connectivity index (χ0v) is 12.7. The SMILES string of the molecule is Cc1cc(F)cc(C)c1C(Cl)c1cc(Cl)ccc1Cl. The first-order valence-electron chi connectivity index (χ1n) is 5.76. The molecule has 0 bridgehead atoms. The first kappa shape index (κ1) is 14.6. The maximum absolute atomic E-state index is 13.3. The van der Waals surface area contributed by atoms with Gasteiger partial charge in [0.2, 0.25) is 0 Å². The van der Waals surface area contributed by atoms with E-state index in [0.29, 0.717) is 10.0 Å². The Morgan fingerprint density at radius 1 is 1.00 bits per heavy atom. The van der Waals surface area contributed by atoms with Gasteiger partial charge in [-0.25, -0.2) is 4.39 Å². The molecule has 0 aliphatic carbocycles. The molecular formula is C15H12Cl3F. The smallest absolute Gasteiger partial charge is 0.123 e. The summed E-state index contributed by atoms with van der Waals surface area (Å²) < 4.78 is 13.3. The Kier molecular flexibility index (Phi) is 4.39. The van der Waals surface area contributed by atoms with E-state index in [1.165, 1.54) is 12.1 Å². The van der Waals surface area contributed by atoms with E-state index >= 15 is 0 Å². The summed E-state index contributed by atoms with van der Waals surface area (Å²) in [4.78, 5) is 0. The largest absolute Gasteiger partial charge is 0.207 e. The maximum Gasteiger partial charge on any atom is 0.123 e. The van der Waals surface area contributed by atoms with Crippen molar-refractivity contribution in [3.63, 3.8) is 0 Å². The van der Waals surface area contributed by atoms with Crippen LogP contribution in [0.25, 0.3) is 0 Å². The molecule has 0 spiro atoms. The molecule has 0 nitrogen and oxygen atoms in total. The van der Waals surface area contributed by atoms with Gasteiger partial charge >= 0.3 is 0 Å². The predicted octanol–water partition coefficient (Wildman–Crippen LogP) is 6.08. The Hall–Kier alpha value is -0.760. The molecule has 0 heterocycles. The fourth-order valence-corrected chi connectivity index (χ4v) is 3.17. The number of alkyl halides is 1. The molecule has 2 aromatic rings. The van der Waals surface area contributed by atoms with Crippen LogP contribution >= 0.6 is 34.8 Å². The number of hydrogen-bond donors (Lipinski definition) is 0. The Balaban J connectivity index is 2.56. The van der Waals surface area contributed by atoms with Crippen LogP contribution in [0.5, 0.6) is 0 Å². The molecule has 0 N–H and O–H groups in total. The lowest BCUT2D eigenvalue weighted by molar-refractivity contribution is 0.624. The molecule has 0 fully saturated rings. The number of benzene rings is 2. The van der Waals surface area contributed by atoms with Crippen LogP contribution in [0, 0.1) is 19.7 Å². The van der Waals surface area contributed by atoms with Gasteiger partial charge in [-0.05, 0) is 66.4 Å². The van der Waals surface area contributed by atoms with Crippen molar-refractivity contribution in [3.05, 3.63) is 68.4 Å². The van der Waals surface area contributed by atoms with Crippen LogP contribution < -0.4 is 0 Å². The molecule has 100 valence electrons. The lowest BCUT2D eigenvalue weighted by Crippen LogP contribution is -2.01. The molecule has 0 aliphatic rings. The third kappa shape index (κ3) is 3.05. The molecule has 0 saturated heterocycles. The third-order valence-electron chi connectivity index (χ3n) is 3.04. The van der Waals surface area contributed by atoms with E-state index in [9.17, 15) is 4.39 Å². The van der Waals surface area contributed by atoms with Crippen molar-refractivity contribution in [3.8, 4) is 0 Å². The highest BCUT2D eigenvalue weighted by Gasteiger charge is 2.19. The van der Waals surface area contributed by atoms with Gasteiger partial charge in [-0.15, -0.1) is 11.6 Å². The third-order valence-corrected chi connectivity index (χ3v) is 4.08. The minimum absolute atomic E-state index is 0.264. The fraction of sp³-hybridized carbons (Fsp3) is 0.200. The highest BCUT2D eigenvalue weighted by molar-refractivity contribution is 6.35. The molecule has 0 aromatic heterocycles. The van der Waals surface area contributed by atoms with Crippen molar-refractivity contribution in [1.29, 1.82) is 0 Å². The van der Waals surface area contributed by atoms with Gasteiger partial charge < -0.3 is 0 Å². The molecule has 1 unspecified atom stereocenters. The van der Waals surface area contributed by atoms with Crippen LogP contribution in [0.2, 0.25) is 10.0 Å². The van der Waals surface area contributed by atoms with Gasteiger partial charge in [0.25, 0.3) is 0 Å². The second-order valence-electron chi connectivity index (χ2n) is 4.48. The quantitative estimate of drug-likeness (QED) is 0.589. The van der Waals surface area contributed by atoms with Crippen LogP contribution in [-0.2, 0) is 0 Å². The van der Waals surface area contributed by atoms with Crippen LogP contribution in [-0.4, -0.2) is 0 Å². The van der Waals surface area contributed by atoms with E-state index in [4.69, 9.17) is 34.8 Å². The van der Waals surface area contributed by atoms with Gasteiger partial charge in [-0.2, -0.15) is 0 Å².